The number of hydrogen-bond donors (Lipinski definition) is 0. The fourth-order valence-electron chi connectivity index (χ4n) is 2.60. The largest absolute Gasteiger partial charge is 0.298 e. The molecular weight excluding hydrogens is 236 g/mol. The Morgan fingerprint density at radius 2 is 2.05 bits per heavy atom. The van der Waals surface area contributed by atoms with Crippen LogP contribution in [-0.4, -0.2) is 22.7 Å². The van der Waals surface area contributed by atoms with E-state index in [1.807, 2.05) is 6.07 Å². The van der Waals surface area contributed by atoms with Crippen LogP contribution in [0.2, 0.25) is 0 Å². The molecule has 0 radical (unpaired) electrons. The van der Waals surface area contributed by atoms with Gasteiger partial charge in [0.05, 0.1) is 0 Å². The minimum absolute atomic E-state index is 0.780. The molecule has 3 rings (SSSR count). The van der Waals surface area contributed by atoms with Crippen molar-refractivity contribution in [2.75, 3.05) is 6.54 Å². The minimum atomic E-state index is 0.780. The van der Waals surface area contributed by atoms with Crippen molar-refractivity contribution in [2.24, 2.45) is 0 Å². The summed E-state index contributed by atoms with van der Waals surface area (Å²) in [5.41, 5.74) is 4.26. The van der Waals surface area contributed by atoms with Crippen LogP contribution in [0.1, 0.15) is 27.2 Å². The quantitative estimate of drug-likeness (QED) is 0.787. The number of fused-ring (bicyclic) bond motifs is 1. The van der Waals surface area contributed by atoms with E-state index >= 15 is 0 Å². The molecule has 0 amide bonds. The molecule has 19 heavy (non-hydrogen) atoms. The van der Waals surface area contributed by atoms with Gasteiger partial charge in [-0.3, -0.25) is 14.7 Å². The van der Waals surface area contributed by atoms with E-state index in [0.29, 0.717) is 0 Å². The van der Waals surface area contributed by atoms with E-state index in [2.05, 4.69) is 34.1 Å². The lowest BCUT2D eigenvalue weighted by Gasteiger charge is -2.28. The molecule has 3 heteroatoms. The Hall–Kier alpha value is -2.00. The van der Waals surface area contributed by atoms with Gasteiger partial charge in [0.15, 0.2) is 0 Å². The standard InChI is InChI=1S/C16H16N2O/c19-12-14-6-8-17-16-7-9-18(11-15(14)16)10-13-4-2-1-3-5-13/h1-6,8,12H,7,9-11H2. The summed E-state index contributed by atoms with van der Waals surface area (Å²) in [6.45, 7) is 2.73. The van der Waals surface area contributed by atoms with Crippen LogP contribution in [0.4, 0.5) is 0 Å². The van der Waals surface area contributed by atoms with E-state index in [1.54, 1.807) is 12.3 Å². The van der Waals surface area contributed by atoms with Gasteiger partial charge in [0.25, 0.3) is 0 Å². The summed E-state index contributed by atoms with van der Waals surface area (Å²) in [4.78, 5) is 17.8. The molecule has 0 saturated carbocycles. The molecule has 0 spiro atoms. The number of hydrogen-bond acceptors (Lipinski definition) is 3. The minimum Gasteiger partial charge on any atom is -0.298 e. The molecule has 1 aromatic heterocycles. The van der Waals surface area contributed by atoms with Gasteiger partial charge >= 0.3 is 0 Å². The van der Waals surface area contributed by atoms with Gasteiger partial charge in [-0.1, -0.05) is 30.3 Å². The Morgan fingerprint density at radius 3 is 2.84 bits per heavy atom. The molecule has 0 atom stereocenters. The highest BCUT2D eigenvalue weighted by Crippen LogP contribution is 2.21. The molecule has 3 nitrogen and oxygen atoms in total. The molecule has 0 aliphatic carbocycles. The molecule has 0 fully saturated rings. The zero-order valence-corrected chi connectivity index (χ0v) is 10.7. The maximum atomic E-state index is 11.1. The van der Waals surface area contributed by atoms with E-state index in [4.69, 9.17) is 0 Å². The van der Waals surface area contributed by atoms with E-state index in [0.717, 1.165) is 49.2 Å². The number of nitrogens with zero attached hydrogens (tertiary/aromatic N) is 2. The van der Waals surface area contributed by atoms with Crippen LogP contribution in [0.25, 0.3) is 0 Å². The predicted molar refractivity (Wildman–Crippen MR) is 73.9 cm³/mol. The van der Waals surface area contributed by atoms with Crippen molar-refractivity contribution in [3.05, 3.63) is 65.0 Å². The van der Waals surface area contributed by atoms with Gasteiger partial charge in [-0.2, -0.15) is 0 Å². The number of pyridine rings is 1. The van der Waals surface area contributed by atoms with Crippen LogP contribution in [0.15, 0.2) is 42.6 Å². The first kappa shape index (κ1) is 12.1. The summed E-state index contributed by atoms with van der Waals surface area (Å²) >= 11 is 0. The van der Waals surface area contributed by atoms with Gasteiger partial charge in [-0.25, -0.2) is 0 Å². The molecule has 0 bridgehead atoms. The average Bonchev–Trinajstić information content (AvgIpc) is 2.47. The predicted octanol–water partition coefficient (Wildman–Crippen LogP) is 2.45. The smallest absolute Gasteiger partial charge is 0.150 e. The summed E-state index contributed by atoms with van der Waals surface area (Å²) in [5, 5.41) is 0. The van der Waals surface area contributed by atoms with Gasteiger partial charge in [0.2, 0.25) is 0 Å². The first-order valence-electron chi connectivity index (χ1n) is 6.55. The first-order chi connectivity index (χ1) is 9.36. The molecule has 2 aromatic rings. The number of aromatic nitrogens is 1. The molecule has 0 N–H and O–H groups in total. The highest BCUT2D eigenvalue weighted by molar-refractivity contribution is 5.77. The van der Waals surface area contributed by atoms with E-state index in [-0.39, 0.29) is 0 Å². The monoisotopic (exact) mass is 252 g/mol. The van der Waals surface area contributed by atoms with Gasteiger partial charge in [0, 0.05) is 43.5 Å². The second-order valence-electron chi connectivity index (χ2n) is 4.89. The lowest BCUT2D eigenvalue weighted by Crippen LogP contribution is -2.31. The van der Waals surface area contributed by atoms with Crippen molar-refractivity contribution < 1.29 is 4.79 Å². The molecule has 0 saturated heterocycles. The molecule has 1 aliphatic heterocycles. The second kappa shape index (κ2) is 5.33. The molecule has 96 valence electrons. The summed E-state index contributed by atoms with van der Waals surface area (Å²) < 4.78 is 0. The molecule has 1 aromatic carbocycles. The topological polar surface area (TPSA) is 33.2 Å². The maximum Gasteiger partial charge on any atom is 0.150 e. The van der Waals surface area contributed by atoms with E-state index in [9.17, 15) is 4.79 Å². The van der Waals surface area contributed by atoms with Gasteiger partial charge in [-0.15, -0.1) is 0 Å². The fourth-order valence-corrected chi connectivity index (χ4v) is 2.60. The van der Waals surface area contributed by atoms with Crippen molar-refractivity contribution in [3.8, 4) is 0 Å². The van der Waals surface area contributed by atoms with Gasteiger partial charge in [0.1, 0.15) is 6.29 Å². The average molecular weight is 252 g/mol. The highest BCUT2D eigenvalue weighted by Gasteiger charge is 2.19. The van der Waals surface area contributed by atoms with Crippen LogP contribution in [-0.2, 0) is 19.5 Å². The summed E-state index contributed by atoms with van der Waals surface area (Å²) in [5.74, 6) is 0. The van der Waals surface area contributed by atoms with Crippen LogP contribution in [0, 0.1) is 0 Å². The molecular formula is C16H16N2O. The van der Waals surface area contributed by atoms with E-state index < -0.39 is 0 Å². The second-order valence-corrected chi connectivity index (χ2v) is 4.89. The maximum absolute atomic E-state index is 11.1. The third kappa shape index (κ3) is 2.56. The summed E-state index contributed by atoms with van der Waals surface area (Å²) in [7, 11) is 0. The van der Waals surface area contributed by atoms with Crippen LogP contribution in [0.3, 0.4) is 0 Å². The number of benzene rings is 1. The lowest BCUT2D eigenvalue weighted by molar-refractivity contribution is 0.112. The van der Waals surface area contributed by atoms with Crippen molar-refractivity contribution in [2.45, 2.75) is 19.5 Å². The fraction of sp³-hybridized carbons (Fsp3) is 0.250. The zero-order chi connectivity index (χ0) is 13.1. The van der Waals surface area contributed by atoms with Crippen molar-refractivity contribution in [1.29, 1.82) is 0 Å². The van der Waals surface area contributed by atoms with Gasteiger partial charge in [-0.05, 0) is 17.2 Å². The lowest BCUT2D eigenvalue weighted by atomic mass is 10.0. The van der Waals surface area contributed by atoms with E-state index in [1.165, 1.54) is 5.56 Å². The third-order valence-corrected chi connectivity index (χ3v) is 3.60. The Labute approximate surface area is 112 Å². The van der Waals surface area contributed by atoms with Crippen molar-refractivity contribution in [1.82, 2.24) is 9.88 Å². The Balaban J connectivity index is 1.80. The van der Waals surface area contributed by atoms with Gasteiger partial charge < -0.3 is 0 Å². The van der Waals surface area contributed by atoms with Crippen LogP contribution >= 0.6 is 0 Å². The third-order valence-electron chi connectivity index (χ3n) is 3.60. The number of aldehydes is 1. The Bertz CT molecular complexity index is 581. The Morgan fingerprint density at radius 1 is 1.21 bits per heavy atom. The Kier molecular flexibility index (Phi) is 3.38. The van der Waals surface area contributed by atoms with Crippen molar-refractivity contribution in [3.63, 3.8) is 0 Å². The number of carbonyl (C=O) groups excluding carboxylic acids is 1. The highest BCUT2D eigenvalue weighted by atomic mass is 16.1. The first-order valence-corrected chi connectivity index (χ1v) is 6.55. The summed E-state index contributed by atoms with van der Waals surface area (Å²) in [6.07, 6.45) is 3.59. The van der Waals surface area contributed by atoms with Crippen LogP contribution < -0.4 is 0 Å². The van der Waals surface area contributed by atoms with Crippen LogP contribution in [0.5, 0.6) is 0 Å². The van der Waals surface area contributed by atoms with Crippen molar-refractivity contribution >= 4 is 6.29 Å². The number of rotatable bonds is 3. The zero-order valence-electron chi connectivity index (χ0n) is 10.7. The molecule has 0 unspecified atom stereocenters. The summed E-state index contributed by atoms with van der Waals surface area (Å²) in [6, 6.07) is 12.2. The molecule has 1 aliphatic rings. The number of carbonyl (C=O) groups is 1. The SMILES string of the molecule is O=Cc1ccnc2c1CN(Cc1ccccc1)CC2. The molecule has 2 heterocycles. The normalized spacial score (nSPS) is 14.9.